The highest BCUT2D eigenvalue weighted by molar-refractivity contribution is 7.98. The normalized spacial score (nSPS) is 11.3. The molecule has 0 unspecified atom stereocenters. The van der Waals surface area contributed by atoms with Crippen LogP contribution in [-0.2, 0) is 5.75 Å². The Balaban J connectivity index is 1.61. The number of fused-ring (bicyclic) bond motifs is 1. The molecule has 0 saturated heterocycles. The van der Waals surface area contributed by atoms with Gasteiger partial charge >= 0.3 is 0 Å². The van der Waals surface area contributed by atoms with Crippen LogP contribution in [0.1, 0.15) is 21.8 Å². The van der Waals surface area contributed by atoms with E-state index < -0.39 is 0 Å². The van der Waals surface area contributed by atoms with E-state index in [4.69, 9.17) is 0 Å². The van der Waals surface area contributed by atoms with Crippen LogP contribution in [0.2, 0.25) is 0 Å². The molecule has 0 aliphatic heterocycles. The second kappa shape index (κ2) is 6.65. The second-order valence-electron chi connectivity index (χ2n) is 5.96. The maximum absolute atomic E-state index is 12.2. The number of rotatable bonds is 4. The van der Waals surface area contributed by atoms with Crippen molar-refractivity contribution >= 4 is 28.1 Å². The van der Waals surface area contributed by atoms with Crippen molar-refractivity contribution in [3.8, 4) is 5.69 Å². The number of aromatic nitrogens is 6. The van der Waals surface area contributed by atoms with Crippen molar-refractivity contribution in [3.63, 3.8) is 0 Å². The summed E-state index contributed by atoms with van der Waals surface area (Å²) < 4.78 is 3.30. The number of benzene rings is 1. The molecule has 0 aliphatic carbocycles. The van der Waals surface area contributed by atoms with Gasteiger partial charge in [0.15, 0.2) is 5.16 Å². The number of hydrogen-bond donors (Lipinski definition) is 0. The molecule has 3 heterocycles. The number of hydrogen-bond acceptors (Lipinski definition) is 7. The SMILES string of the molecule is Cc1ccc(-n2cnnc2SCc2cc(=O)n3nc(C)sc3n2)c(C)c1. The summed E-state index contributed by atoms with van der Waals surface area (Å²) in [5.41, 5.74) is 3.96. The molecule has 0 saturated carbocycles. The zero-order chi connectivity index (χ0) is 18.3. The van der Waals surface area contributed by atoms with Gasteiger partial charge < -0.3 is 0 Å². The average Bonchev–Trinajstić information content (AvgIpc) is 3.19. The maximum Gasteiger partial charge on any atom is 0.275 e. The molecule has 9 heteroatoms. The molecule has 4 aromatic rings. The Morgan fingerprint density at radius 1 is 1.19 bits per heavy atom. The molecule has 0 fully saturated rings. The van der Waals surface area contributed by atoms with Gasteiger partial charge in [0.2, 0.25) is 4.96 Å². The summed E-state index contributed by atoms with van der Waals surface area (Å²) in [6.45, 7) is 6.00. The van der Waals surface area contributed by atoms with E-state index in [0.29, 0.717) is 16.4 Å². The molecule has 132 valence electrons. The van der Waals surface area contributed by atoms with Gasteiger partial charge in [-0.05, 0) is 32.4 Å². The van der Waals surface area contributed by atoms with Gasteiger partial charge in [0.25, 0.3) is 5.56 Å². The molecule has 0 amide bonds. The molecular formula is C17H16N6OS2. The number of nitrogens with zero attached hydrogens (tertiary/aromatic N) is 6. The highest BCUT2D eigenvalue weighted by atomic mass is 32.2. The lowest BCUT2D eigenvalue weighted by molar-refractivity contribution is 0.866. The van der Waals surface area contributed by atoms with Crippen molar-refractivity contribution in [2.45, 2.75) is 31.7 Å². The van der Waals surface area contributed by atoms with E-state index in [-0.39, 0.29) is 5.56 Å². The quantitative estimate of drug-likeness (QED) is 0.504. The van der Waals surface area contributed by atoms with Crippen molar-refractivity contribution in [1.82, 2.24) is 29.4 Å². The van der Waals surface area contributed by atoms with Gasteiger partial charge in [-0.1, -0.05) is 40.8 Å². The number of thioether (sulfide) groups is 1. The lowest BCUT2D eigenvalue weighted by Gasteiger charge is -2.10. The molecule has 4 rings (SSSR count). The molecule has 3 aromatic heterocycles. The van der Waals surface area contributed by atoms with Crippen molar-refractivity contribution in [2.24, 2.45) is 0 Å². The van der Waals surface area contributed by atoms with Crippen LogP contribution in [-0.4, -0.2) is 29.4 Å². The van der Waals surface area contributed by atoms with E-state index in [0.717, 1.165) is 21.4 Å². The van der Waals surface area contributed by atoms with Crippen LogP contribution in [0.3, 0.4) is 0 Å². The fraction of sp³-hybridized carbons (Fsp3) is 0.235. The molecule has 7 nitrogen and oxygen atoms in total. The first-order valence-corrected chi connectivity index (χ1v) is 9.78. The summed E-state index contributed by atoms with van der Waals surface area (Å²) in [7, 11) is 0. The molecular weight excluding hydrogens is 368 g/mol. The maximum atomic E-state index is 12.2. The molecule has 0 spiro atoms. The van der Waals surface area contributed by atoms with E-state index in [1.165, 1.54) is 39.2 Å². The van der Waals surface area contributed by atoms with E-state index >= 15 is 0 Å². The van der Waals surface area contributed by atoms with Gasteiger partial charge in [0, 0.05) is 11.8 Å². The van der Waals surface area contributed by atoms with Gasteiger partial charge in [0.05, 0.1) is 11.4 Å². The summed E-state index contributed by atoms with van der Waals surface area (Å²) in [6.07, 6.45) is 1.71. The zero-order valence-corrected chi connectivity index (χ0v) is 16.1. The Kier molecular flexibility index (Phi) is 4.33. The largest absolute Gasteiger partial charge is 0.276 e. The lowest BCUT2D eigenvalue weighted by atomic mass is 10.1. The first kappa shape index (κ1) is 16.9. The molecule has 0 N–H and O–H groups in total. The topological polar surface area (TPSA) is 78.0 Å². The van der Waals surface area contributed by atoms with E-state index in [2.05, 4.69) is 52.3 Å². The first-order valence-electron chi connectivity index (χ1n) is 7.98. The third kappa shape index (κ3) is 3.15. The highest BCUT2D eigenvalue weighted by Crippen LogP contribution is 2.25. The van der Waals surface area contributed by atoms with Crippen molar-refractivity contribution in [3.05, 3.63) is 62.8 Å². The zero-order valence-electron chi connectivity index (χ0n) is 14.5. The minimum Gasteiger partial charge on any atom is -0.276 e. The van der Waals surface area contributed by atoms with Crippen LogP contribution in [0.5, 0.6) is 0 Å². The van der Waals surface area contributed by atoms with Gasteiger partial charge in [-0.25, -0.2) is 4.98 Å². The summed E-state index contributed by atoms with van der Waals surface area (Å²) in [4.78, 5) is 17.3. The third-order valence-electron chi connectivity index (χ3n) is 3.88. The minimum atomic E-state index is -0.161. The van der Waals surface area contributed by atoms with Gasteiger partial charge in [0.1, 0.15) is 11.3 Å². The lowest BCUT2D eigenvalue weighted by Crippen LogP contribution is -2.15. The van der Waals surface area contributed by atoms with Crippen LogP contribution in [0, 0.1) is 20.8 Å². The van der Waals surface area contributed by atoms with Crippen molar-refractivity contribution < 1.29 is 0 Å². The molecule has 26 heavy (non-hydrogen) atoms. The molecule has 0 atom stereocenters. The smallest absolute Gasteiger partial charge is 0.275 e. The van der Waals surface area contributed by atoms with Crippen LogP contribution >= 0.6 is 23.1 Å². The van der Waals surface area contributed by atoms with Crippen molar-refractivity contribution in [2.75, 3.05) is 0 Å². The molecule has 0 radical (unpaired) electrons. The molecule has 0 aliphatic rings. The Morgan fingerprint density at radius 2 is 2.04 bits per heavy atom. The summed E-state index contributed by atoms with van der Waals surface area (Å²) >= 11 is 2.91. The minimum absolute atomic E-state index is 0.161. The van der Waals surface area contributed by atoms with Crippen LogP contribution in [0.15, 0.2) is 40.5 Å². The van der Waals surface area contributed by atoms with Crippen LogP contribution in [0.4, 0.5) is 0 Å². The predicted octanol–water partition coefficient (Wildman–Crippen LogP) is 2.95. The molecule has 1 aromatic carbocycles. The summed E-state index contributed by atoms with van der Waals surface area (Å²) in [5, 5.41) is 14.0. The first-order chi connectivity index (χ1) is 12.5. The monoisotopic (exact) mass is 384 g/mol. The van der Waals surface area contributed by atoms with E-state index in [9.17, 15) is 4.79 Å². The summed E-state index contributed by atoms with van der Waals surface area (Å²) in [5.74, 6) is 0.534. The van der Waals surface area contributed by atoms with Gasteiger partial charge in [-0.15, -0.1) is 10.2 Å². The van der Waals surface area contributed by atoms with Crippen molar-refractivity contribution in [1.29, 1.82) is 0 Å². The molecule has 0 bridgehead atoms. The Bertz CT molecular complexity index is 1160. The Labute approximate surface area is 157 Å². The average molecular weight is 384 g/mol. The number of aryl methyl sites for hydroxylation is 3. The Hall–Kier alpha value is -2.52. The van der Waals surface area contributed by atoms with E-state index in [1.54, 1.807) is 6.33 Å². The van der Waals surface area contributed by atoms with Crippen LogP contribution in [0.25, 0.3) is 10.6 Å². The highest BCUT2D eigenvalue weighted by Gasteiger charge is 2.12. The third-order valence-corrected chi connectivity index (χ3v) is 5.68. The fourth-order valence-electron chi connectivity index (χ4n) is 2.73. The second-order valence-corrected chi connectivity index (χ2v) is 8.07. The van der Waals surface area contributed by atoms with Crippen LogP contribution < -0.4 is 5.56 Å². The fourth-order valence-corrected chi connectivity index (χ4v) is 4.31. The standard InChI is InChI=1S/C17H16N6OS2/c1-10-4-5-14(11(2)6-10)22-9-18-20-17(22)25-8-13-7-15(24)23-16(19-13)26-12(3)21-23/h4-7,9H,8H2,1-3H3. The summed E-state index contributed by atoms with van der Waals surface area (Å²) in [6, 6.07) is 7.79. The Morgan fingerprint density at radius 3 is 2.85 bits per heavy atom. The predicted molar refractivity (Wildman–Crippen MR) is 102 cm³/mol. The van der Waals surface area contributed by atoms with Gasteiger partial charge in [-0.3, -0.25) is 9.36 Å². The van der Waals surface area contributed by atoms with Gasteiger partial charge in [-0.2, -0.15) is 9.61 Å². The van der Waals surface area contributed by atoms with E-state index in [1.807, 2.05) is 11.5 Å².